The molecule has 3 heterocycles. The molecule has 4 rings (SSSR count). The van der Waals surface area contributed by atoms with E-state index in [1.165, 1.54) is 4.31 Å². The molecule has 0 spiro atoms. The lowest BCUT2D eigenvalue weighted by atomic mass is 9.77. The van der Waals surface area contributed by atoms with Gasteiger partial charge in [-0.1, -0.05) is 10.3 Å². The Labute approximate surface area is 164 Å². The molecule has 0 atom stereocenters. The highest BCUT2D eigenvalue weighted by Crippen LogP contribution is 2.38. The summed E-state index contributed by atoms with van der Waals surface area (Å²) in [6, 6.07) is 0. The zero-order chi connectivity index (χ0) is 18.5. The van der Waals surface area contributed by atoms with E-state index in [1.807, 2.05) is 0 Å². The standard InChI is InChI=1S/C16H23N5O4S.ClH/c1-10-13(11(2)24-19-10)26(22,23)21-8-4-12(5-9-21)14-18-15(20-25-14)16(17)6-3-7-16;/h12H,3-9,17H2,1-2H3;1H. The van der Waals surface area contributed by atoms with Gasteiger partial charge in [0.15, 0.2) is 11.6 Å². The molecular weight excluding hydrogens is 394 g/mol. The maximum Gasteiger partial charge on any atom is 0.248 e. The van der Waals surface area contributed by atoms with Crippen LogP contribution in [-0.4, -0.2) is 41.1 Å². The number of aryl methyl sites for hydroxylation is 2. The van der Waals surface area contributed by atoms with Crippen LogP contribution in [0.4, 0.5) is 0 Å². The van der Waals surface area contributed by atoms with E-state index in [4.69, 9.17) is 14.8 Å². The molecule has 2 fully saturated rings. The molecular formula is C16H24ClN5O4S. The van der Waals surface area contributed by atoms with Crippen LogP contribution < -0.4 is 5.73 Å². The van der Waals surface area contributed by atoms with Gasteiger partial charge >= 0.3 is 0 Å². The lowest BCUT2D eigenvalue weighted by molar-refractivity contribution is 0.227. The fraction of sp³-hybridized carbons (Fsp3) is 0.688. The molecule has 1 saturated heterocycles. The third kappa shape index (κ3) is 3.39. The predicted molar refractivity (Wildman–Crippen MR) is 98.0 cm³/mol. The summed E-state index contributed by atoms with van der Waals surface area (Å²) >= 11 is 0. The molecule has 11 heteroatoms. The summed E-state index contributed by atoms with van der Waals surface area (Å²) in [5, 5.41) is 7.81. The van der Waals surface area contributed by atoms with E-state index in [0.717, 1.165) is 19.3 Å². The minimum absolute atomic E-state index is 0. The van der Waals surface area contributed by atoms with Crippen LogP contribution >= 0.6 is 12.4 Å². The summed E-state index contributed by atoms with van der Waals surface area (Å²) in [7, 11) is -3.61. The van der Waals surface area contributed by atoms with E-state index in [9.17, 15) is 8.42 Å². The van der Waals surface area contributed by atoms with Crippen molar-refractivity contribution >= 4 is 22.4 Å². The second-order valence-corrected chi connectivity index (χ2v) is 9.17. The quantitative estimate of drug-likeness (QED) is 0.799. The minimum Gasteiger partial charge on any atom is -0.360 e. The van der Waals surface area contributed by atoms with Crippen LogP contribution in [0.3, 0.4) is 0 Å². The average molecular weight is 418 g/mol. The number of sulfonamides is 1. The Kier molecular flexibility index (Phi) is 5.37. The van der Waals surface area contributed by atoms with E-state index in [2.05, 4.69) is 15.3 Å². The van der Waals surface area contributed by atoms with Gasteiger partial charge in [0.2, 0.25) is 15.9 Å². The first-order chi connectivity index (χ1) is 12.3. The molecule has 0 radical (unpaired) electrons. The summed E-state index contributed by atoms with van der Waals surface area (Å²) in [5.74, 6) is 1.51. The van der Waals surface area contributed by atoms with Gasteiger partial charge < -0.3 is 14.8 Å². The molecule has 0 unspecified atom stereocenters. The number of aromatic nitrogens is 3. The first kappa shape index (κ1) is 20.2. The Morgan fingerprint density at radius 3 is 2.33 bits per heavy atom. The highest BCUT2D eigenvalue weighted by atomic mass is 35.5. The summed E-state index contributed by atoms with van der Waals surface area (Å²) < 4.78 is 37.7. The minimum atomic E-state index is -3.61. The predicted octanol–water partition coefficient (Wildman–Crippen LogP) is 2.00. The maximum atomic E-state index is 12.9. The van der Waals surface area contributed by atoms with E-state index in [1.54, 1.807) is 13.8 Å². The number of halogens is 1. The van der Waals surface area contributed by atoms with Crippen LogP contribution in [0.25, 0.3) is 0 Å². The molecule has 9 nitrogen and oxygen atoms in total. The molecule has 0 bridgehead atoms. The smallest absolute Gasteiger partial charge is 0.248 e. The number of piperidine rings is 1. The number of hydrogen-bond donors (Lipinski definition) is 1. The molecule has 1 aliphatic carbocycles. The van der Waals surface area contributed by atoms with E-state index in [-0.39, 0.29) is 23.2 Å². The lowest BCUT2D eigenvalue weighted by Gasteiger charge is -2.34. The number of nitrogens with two attached hydrogens (primary N) is 1. The zero-order valence-corrected chi connectivity index (χ0v) is 17.0. The van der Waals surface area contributed by atoms with Crippen molar-refractivity contribution in [1.29, 1.82) is 0 Å². The summed E-state index contributed by atoms with van der Waals surface area (Å²) in [5.41, 5.74) is 6.18. The first-order valence-corrected chi connectivity index (χ1v) is 10.3. The second kappa shape index (κ2) is 7.16. The third-order valence-electron chi connectivity index (χ3n) is 5.50. The molecule has 27 heavy (non-hydrogen) atoms. The Bertz CT molecular complexity index is 894. The van der Waals surface area contributed by atoms with Gasteiger partial charge in [-0.25, -0.2) is 8.42 Å². The molecule has 0 aromatic carbocycles. The first-order valence-electron chi connectivity index (χ1n) is 8.87. The van der Waals surface area contributed by atoms with E-state index in [0.29, 0.717) is 49.1 Å². The van der Waals surface area contributed by atoms with Crippen molar-refractivity contribution in [2.75, 3.05) is 13.1 Å². The fourth-order valence-corrected chi connectivity index (χ4v) is 5.46. The van der Waals surface area contributed by atoms with Crippen molar-refractivity contribution in [1.82, 2.24) is 19.6 Å². The molecule has 2 N–H and O–H groups in total. The van der Waals surface area contributed by atoms with Crippen molar-refractivity contribution in [2.45, 2.75) is 62.3 Å². The molecule has 1 aliphatic heterocycles. The van der Waals surface area contributed by atoms with Crippen LogP contribution in [0.5, 0.6) is 0 Å². The van der Waals surface area contributed by atoms with Crippen LogP contribution in [0.1, 0.15) is 61.2 Å². The van der Waals surface area contributed by atoms with Gasteiger partial charge in [0.1, 0.15) is 10.6 Å². The topological polar surface area (TPSA) is 128 Å². The monoisotopic (exact) mass is 417 g/mol. The van der Waals surface area contributed by atoms with Gasteiger partial charge in [-0.15, -0.1) is 12.4 Å². The Morgan fingerprint density at radius 1 is 1.15 bits per heavy atom. The summed E-state index contributed by atoms with van der Waals surface area (Å²) in [6.45, 7) is 4.03. The average Bonchev–Trinajstić information content (AvgIpc) is 3.20. The number of nitrogens with zero attached hydrogens (tertiary/aromatic N) is 4. The van der Waals surface area contributed by atoms with Gasteiger partial charge in [-0.2, -0.15) is 9.29 Å². The third-order valence-corrected chi connectivity index (χ3v) is 7.65. The van der Waals surface area contributed by atoms with Crippen molar-refractivity contribution < 1.29 is 17.5 Å². The van der Waals surface area contributed by atoms with Crippen LogP contribution in [0.2, 0.25) is 0 Å². The van der Waals surface area contributed by atoms with Crippen LogP contribution in [-0.2, 0) is 15.6 Å². The largest absolute Gasteiger partial charge is 0.360 e. The normalized spacial score (nSPS) is 20.9. The zero-order valence-electron chi connectivity index (χ0n) is 15.3. The molecule has 1 saturated carbocycles. The molecule has 2 aromatic rings. The highest BCUT2D eigenvalue weighted by molar-refractivity contribution is 7.89. The van der Waals surface area contributed by atoms with Gasteiger partial charge in [0, 0.05) is 19.0 Å². The number of rotatable bonds is 4. The van der Waals surface area contributed by atoms with Gasteiger partial charge in [0.25, 0.3) is 0 Å². The van der Waals surface area contributed by atoms with Crippen LogP contribution in [0.15, 0.2) is 13.9 Å². The molecule has 2 aliphatic rings. The van der Waals surface area contributed by atoms with Gasteiger partial charge in [-0.3, -0.25) is 0 Å². The molecule has 0 amide bonds. The van der Waals surface area contributed by atoms with Crippen LogP contribution in [0, 0.1) is 13.8 Å². The Hall–Kier alpha value is -1.49. The van der Waals surface area contributed by atoms with Gasteiger partial charge in [-0.05, 0) is 46.0 Å². The maximum absolute atomic E-state index is 12.9. The van der Waals surface area contributed by atoms with E-state index < -0.39 is 15.6 Å². The molecule has 2 aromatic heterocycles. The summed E-state index contributed by atoms with van der Waals surface area (Å²) in [4.78, 5) is 4.67. The Morgan fingerprint density at radius 2 is 1.81 bits per heavy atom. The molecule has 150 valence electrons. The van der Waals surface area contributed by atoms with Crippen molar-refractivity contribution in [3.63, 3.8) is 0 Å². The van der Waals surface area contributed by atoms with Crippen molar-refractivity contribution in [3.8, 4) is 0 Å². The number of hydrogen-bond acceptors (Lipinski definition) is 8. The van der Waals surface area contributed by atoms with E-state index >= 15 is 0 Å². The summed E-state index contributed by atoms with van der Waals surface area (Å²) in [6.07, 6.45) is 4.09. The fourth-order valence-electron chi connectivity index (χ4n) is 3.70. The van der Waals surface area contributed by atoms with Crippen molar-refractivity contribution in [2.24, 2.45) is 5.73 Å². The lowest BCUT2D eigenvalue weighted by Crippen LogP contribution is -2.44. The second-order valence-electron chi connectivity index (χ2n) is 7.30. The van der Waals surface area contributed by atoms with Crippen molar-refractivity contribution in [3.05, 3.63) is 23.2 Å². The SMILES string of the molecule is Cc1noc(C)c1S(=O)(=O)N1CCC(c2nc(C3(N)CCC3)no2)CC1.Cl. The Balaban J connectivity index is 0.00000210. The van der Waals surface area contributed by atoms with Gasteiger partial charge in [0.05, 0.1) is 5.54 Å². The highest BCUT2D eigenvalue weighted by Gasteiger charge is 2.40.